The Balaban J connectivity index is 2.12. The molecule has 2 heterocycles. The smallest absolute Gasteiger partial charge is 0.231 e. The molecule has 1 saturated heterocycles. The lowest BCUT2D eigenvalue weighted by Gasteiger charge is -2.32. The van der Waals surface area contributed by atoms with Crippen molar-refractivity contribution < 1.29 is 9.21 Å². The molecular weight excluding hydrogens is 194 g/mol. The molecule has 0 aromatic carbocycles. The van der Waals surface area contributed by atoms with Crippen molar-refractivity contribution in [3.05, 3.63) is 12.1 Å². The SMILES string of the molecule is Nc1ccc(N(C=O)N2CCCCC2)o1. The fourth-order valence-electron chi connectivity index (χ4n) is 1.82. The number of hydrogen-bond acceptors (Lipinski definition) is 4. The van der Waals surface area contributed by atoms with E-state index in [1.54, 1.807) is 12.1 Å². The predicted molar refractivity (Wildman–Crippen MR) is 57.1 cm³/mol. The molecule has 1 aliphatic rings. The van der Waals surface area contributed by atoms with Crippen molar-refractivity contribution in [1.82, 2.24) is 5.01 Å². The van der Waals surface area contributed by atoms with Gasteiger partial charge in [-0.2, -0.15) is 0 Å². The minimum absolute atomic E-state index is 0.328. The number of hydrogen-bond donors (Lipinski definition) is 1. The minimum atomic E-state index is 0.328. The second kappa shape index (κ2) is 4.35. The van der Waals surface area contributed by atoms with E-state index in [0.717, 1.165) is 32.3 Å². The number of amides is 1. The molecule has 0 unspecified atom stereocenters. The Labute approximate surface area is 88.4 Å². The van der Waals surface area contributed by atoms with Crippen LogP contribution in [0.15, 0.2) is 16.5 Å². The Morgan fingerprint density at radius 3 is 2.60 bits per heavy atom. The number of carbonyl (C=O) groups excluding carboxylic acids is 1. The van der Waals surface area contributed by atoms with E-state index < -0.39 is 0 Å². The van der Waals surface area contributed by atoms with Crippen molar-refractivity contribution in [1.29, 1.82) is 0 Å². The third-order valence-electron chi connectivity index (χ3n) is 2.58. The van der Waals surface area contributed by atoms with Crippen LogP contribution in [0, 0.1) is 0 Å². The highest BCUT2D eigenvalue weighted by atomic mass is 16.4. The molecule has 1 fully saturated rings. The van der Waals surface area contributed by atoms with Crippen molar-refractivity contribution in [3.8, 4) is 0 Å². The third-order valence-corrected chi connectivity index (χ3v) is 2.58. The summed E-state index contributed by atoms with van der Waals surface area (Å²) < 4.78 is 5.22. The first kappa shape index (κ1) is 10.0. The molecule has 1 aliphatic heterocycles. The van der Waals surface area contributed by atoms with E-state index in [0.29, 0.717) is 11.8 Å². The molecule has 0 spiro atoms. The molecule has 0 aliphatic carbocycles. The molecule has 2 rings (SSSR count). The predicted octanol–water partition coefficient (Wildman–Crippen LogP) is 1.23. The maximum atomic E-state index is 11.0. The minimum Gasteiger partial charge on any atom is -0.424 e. The van der Waals surface area contributed by atoms with Crippen molar-refractivity contribution in [2.75, 3.05) is 23.8 Å². The zero-order valence-electron chi connectivity index (χ0n) is 8.56. The van der Waals surface area contributed by atoms with Crippen LogP contribution in [0.5, 0.6) is 0 Å². The van der Waals surface area contributed by atoms with Crippen LogP contribution in [0.4, 0.5) is 11.8 Å². The molecule has 1 aromatic rings. The van der Waals surface area contributed by atoms with Crippen molar-refractivity contribution in [2.45, 2.75) is 19.3 Å². The van der Waals surface area contributed by atoms with Gasteiger partial charge in [-0.25, -0.2) is 10.0 Å². The van der Waals surface area contributed by atoms with Gasteiger partial charge in [0.2, 0.25) is 12.3 Å². The molecule has 1 aromatic heterocycles. The topological polar surface area (TPSA) is 62.7 Å². The van der Waals surface area contributed by atoms with E-state index in [4.69, 9.17) is 10.2 Å². The van der Waals surface area contributed by atoms with Crippen LogP contribution in [0.3, 0.4) is 0 Å². The average molecular weight is 209 g/mol. The van der Waals surface area contributed by atoms with Crippen LogP contribution in [0.25, 0.3) is 0 Å². The van der Waals surface area contributed by atoms with Crippen LogP contribution < -0.4 is 10.7 Å². The Bertz CT molecular complexity index is 331. The second-order valence-electron chi connectivity index (χ2n) is 3.64. The molecule has 15 heavy (non-hydrogen) atoms. The summed E-state index contributed by atoms with van der Waals surface area (Å²) >= 11 is 0. The van der Waals surface area contributed by atoms with E-state index in [1.807, 2.05) is 5.01 Å². The maximum Gasteiger partial charge on any atom is 0.231 e. The lowest BCUT2D eigenvalue weighted by Crippen LogP contribution is -2.44. The molecular formula is C10H15N3O2. The number of furan rings is 1. The highest BCUT2D eigenvalue weighted by molar-refractivity contribution is 5.71. The standard InChI is InChI=1S/C10H15N3O2/c11-9-4-5-10(15-9)13(8-14)12-6-2-1-3-7-12/h4-5,8H,1-3,6-7,11H2. The summed E-state index contributed by atoms with van der Waals surface area (Å²) in [4.78, 5) is 11.0. The molecule has 5 heteroatoms. The summed E-state index contributed by atoms with van der Waals surface area (Å²) in [5.41, 5.74) is 5.47. The number of nitrogens with zero attached hydrogens (tertiary/aromatic N) is 2. The molecule has 5 nitrogen and oxygen atoms in total. The van der Waals surface area contributed by atoms with Crippen LogP contribution in [-0.2, 0) is 4.79 Å². The van der Waals surface area contributed by atoms with Gasteiger partial charge < -0.3 is 10.2 Å². The number of nitrogen functional groups attached to an aromatic ring is 1. The summed E-state index contributed by atoms with van der Waals surface area (Å²) in [6.07, 6.45) is 4.22. The molecule has 0 radical (unpaired) electrons. The van der Waals surface area contributed by atoms with Crippen molar-refractivity contribution >= 4 is 18.2 Å². The summed E-state index contributed by atoms with van der Waals surface area (Å²) in [7, 11) is 0. The van der Waals surface area contributed by atoms with Gasteiger partial charge in [0.25, 0.3) is 0 Å². The fourth-order valence-corrected chi connectivity index (χ4v) is 1.82. The number of hydrazine groups is 1. The Hall–Kier alpha value is -1.49. The molecule has 1 amide bonds. The molecule has 82 valence electrons. The van der Waals surface area contributed by atoms with Crippen molar-refractivity contribution in [3.63, 3.8) is 0 Å². The number of anilines is 2. The lowest BCUT2D eigenvalue weighted by molar-refractivity contribution is -0.110. The molecule has 2 N–H and O–H groups in total. The largest absolute Gasteiger partial charge is 0.424 e. The maximum absolute atomic E-state index is 11.0. The lowest BCUT2D eigenvalue weighted by atomic mass is 10.2. The van der Waals surface area contributed by atoms with Gasteiger partial charge in [0.05, 0.1) is 0 Å². The number of rotatable bonds is 3. The van der Waals surface area contributed by atoms with Gasteiger partial charge in [-0.15, -0.1) is 0 Å². The molecule has 0 bridgehead atoms. The second-order valence-corrected chi connectivity index (χ2v) is 3.64. The Morgan fingerprint density at radius 2 is 2.07 bits per heavy atom. The number of nitrogens with two attached hydrogens (primary N) is 1. The van der Waals surface area contributed by atoms with Crippen LogP contribution in [0.2, 0.25) is 0 Å². The Morgan fingerprint density at radius 1 is 1.33 bits per heavy atom. The summed E-state index contributed by atoms with van der Waals surface area (Å²) in [6, 6.07) is 3.36. The first-order valence-corrected chi connectivity index (χ1v) is 5.16. The molecule has 0 atom stereocenters. The number of piperidine rings is 1. The van der Waals surface area contributed by atoms with Crippen molar-refractivity contribution in [2.24, 2.45) is 0 Å². The van der Waals surface area contributed by atoms with Crippen LogP contribution in [-0.4, -0.2) is 24.5 Å². The monoisotopic (exact) mass is 209 g/mol. The first-order valence-electron chi connectivity index (χ1n) is 5.16. The van der Waals surface area contributed by atoms with Gasteiger partial charge in [-0.05, 0) is 12.8 Å². The first-order chi connectivity index (χ1) is 7.31. The van der Waals surface area contributed by atoms with E-state index >= 15 is 0 Å². The molecule has 0 saturated carbocycles. The zero-order valence-corrected chi connectivity index (χ0v) is 8.56. The van der Waals surface area contributed by atoms with E-state index in [-0.39, 0.29) is 0 Å². The zero-order chi connectivity index (χ0) is 10.7. The quantitative estimate of drug-likeness (QED) is 0.760. The van der Waals surface area contributed by atoms with Crippen LogP contribution >= 0.6 is 0 Å². The third kappa shape index (κ3) is 2.12. The van der Waals surface area contributed by atoms with Gasteiger partial charge in [0.15, 0.2) is 5.88 Å². The fraction of sp³-hybridized carbons (Fsp3) is 0.500. The van der Waals surface area contributed by atoms with Gasteiger partial charge in [0, 0.05) is 25.2 Å². The average Bonchev–Trinajstić information content (AvgIpc) is 2.68. The van der Waals surface area contributed by atoms with E-state index in [2.05, 4.69) is 0 Å². The highest BCUT2D eigenvalue weighted by Gasteiger charge is 2.20. The summed E-state index contributed by atoms with van der Waals surface area (Å²) in [5.74, 6) is 0.818. The summed E-state index contributed by atoms with van der Waals surface area (Å²) in [6.45, 7) is 1.78. The highest BCUT2D eigenvalue weighted by Crippen LogP contribution is 2.22. The Kier molecular flexibility index (Phi) is 2.91. The van der Waals surface area contributed by atoms with E-state index in [1.165, 1.54) is 11.4 Å². The van der Waals surface area contributed by atoms with Crippen LogP contribution in [0.1, 0.15) is 19.3 Å². The summed E-state index contributed by atoms with van der Waals surface area (Å²) in [5, 5.41) is 3.48. The van der Waals surface area contributed by atoms with Gasteiger partial charge in [0.1, 0.15) is 0 Å². The van der Waals surface area contributed by atoms with E-state index in [9.17, 15) is 4.79 Å². The normalized spacial score (nSPS) is 17.6. The van der Waals surface area contributed by atoms with Gasteiger partial charge in [-0.3, -0.25) is 4.79 Å². The van der Waals surface area contributed by atoms with Gasteiger partial charge >= 0.3 is 0 Å². The number of carbonyl (C=O) groups is 1. The van der Waals surface area contributed by atoms with Gasteiger partial charge in [-0.1, -0.05) is 6.42 Å².